The van der Waals surface area contributed by atoms with Gasteiger partial charge in [0.2, 0.25) is 11.8 Å². The molecule has 1 heterocycles. The topological polar surface area (TPSA) is 63.4 Å². The van der Waals surface area contributed by atoms with E-state index in [0.717, 1.165) is 13.1 Å². The molecule has 1 aliphatic rings. The van der Waals surface area contributed by atoms with Crippen LogP contribution in [0, 0.1) is 11.8 Å². The number of hydrogen-bond donors (Lipinski definition) is 1. The molecule has 0 aromatic carbocycles. The standard InChI is InChI=1S/C11H20N2O2/c1-8-5-9(2)7-13(6-8)11(15)4-3-10(12)14/h8-9H,3-7H2,1-2H3,(H2,12,14). The van der Waals surface area contributed by atoms with Crippen molar-refractivity contribution in [3.8, 4) is 0 Å². The second-order valence-electron chi connectivity index (χ2n) is 4.71. The molecule has 2 amide bonds. The van der Waals surface area contributed by atoms with Gasteiger partial charge in [0.15, 0.2) is 0 Å². The van der Waals surface area contributed by atoms with E-state index in [1.807, 2.05) is 4.90 Å². The molecule has 1 saturated heterocycles. The van der Waals surface area contributed by atoms with E-state index in [1.165, 1.54) is 6.42 Å². The zero-order valence-corrected chi connectivity index (χ0v) is 9.53. The fraction of sp³-hybridized carbons (Fsp3) is 0.818. The molecule has 4 nitrogen and oxygen atoms in total. The van der Waals surface area contributed by atoms with Gasteiger partial charge in [-0.1, -0.05) is 13.8 Å². The number of carbonyl (C=O) groups is 2. The van der Waals surface area contributed by atoms with Gasteiger partial charge in [-0.25, -0.2) is 0 Å². The summed E-state index contributed by atoms with van der Waals surface area (Å²) in [6.45, 7) is 5.96. The number of primary amides is 1. The van der Waals surface area contributed by atoms with E-state index in [4.69, 9.17) is 5.73 Å². The van der Waals surface area contributed by atoms with Gasteiger partial charge in [-0.15, -0.1) is 0 Å². The summed E-state index contributed by atoms with van der Waals surface area (Å²) < 4.78 is 0. The molecular weight excluding hydrogens is 192 g/mol. The highest BCUT2D eigenvalue weighted by Gasteiger charge is 2.25. The van der Waals surface area contributed by atoms with E-state index in [-0.39, 0.29) is 18.7 Å². The minimum absolute atomic E-state index is 0.0622. The summed E-state index contributed by atoms with van der Waals surface area (Å²) in [4.78, 5) is 24.1. The summed E-state index contributed by atoms with van der Waals surface area (Å²) in [5.74, 6) is 0.784. The minimum Gasteiger partial charge on any atom is -0.370 e. The molecule has 0 saturated carbocycles. The number of piperidine rings is 1. The Balaban J connectivity index is 2.41. The number of carbonyl (C=O) groups excluding carboxylic acids is 2. The molecule has 2 atom stereocenters. The van der Waals surface area contributed by atoms with Gasteiger partial charge >= 0.3 is 0 Å². The van der Waals surface area contributed by atoms with Gasteiger partial charge in [-0.2, -0.15) is 0 Å². The lowest BCUT2D eigenvalue weighted by Gasteiger charge is -2.35. The highest BCUT2D eigenvalue weighted by Crippen LogP contribution is 2.21. The Morgan fingerprint density at radius 1 is 1.20 bits per heavy atom. The van der Waals surface area contributed by atoms with Crippen molar-refractivity contribution in [2.75, 3.05) is 13.1 Å². The van der Waals surface area contributed by atoms with Crippen molar-refractivity contribution >= 4 is 11.8 Å². The average molecular weight is 212 g/mol. The fourth-order valence-corrected chi connectivity index (χ4v) is 2.25. The highest BCUT2D eigenvalue weighted by atomic mass is 16.2. The lowest BCUT2D eigenvalue weighted by Crippen LogP contribution is -2.42. The van der Waals surface area contributed by atoms with Crippen molar-refractivity contribution in [2.24, 2.45) is 17.6 Å². The average Bonchev–Trinajstić information content (AvgIpc) is 2.12. The molecule has 15 heavy (non-hydrogen) atoms. The van der Waals surface area contributed by atoms with Crippen LogP contribution in [-0.4, -0.2) is 29.8 Å². The molecule has 1 aliphatic heterocycles. The Morgan fingerprint density at radius 2 is 1.73 bits per heavy atom. The Labute approximate surface area is 90.8 Å². The van der Waals surface area contributed by atoms with Crippen molar-refractivity contribution in [1.82, 2.24) is 4.90 Å². The van der Waals surface area contributed by atoms with E-state index in [9.17, 15) is 9.59 Å². The SMILES string of the molecule is CC1CC(C)CN(C(=O)CCC(N)=O)C1. The monoisotopic (exact) mass is 212 g/mol. The van der Waals surface area contributed by atoms with Crippen molar-refractivity contribution in [3.05, 3.63) is 0 Å². The summed E-state index contributed by atoms with van der Waals surface area (Å²) in [5.41, 5.74) is 5.02. The van der Waals surface area contributed by atoms with Crippen LogP contribution in [-0.2, 0) is 9.59 Å². The number of hydrogen-bond acceptors (Lipinski definition) is 2. The first-order chi connectivity index (χ1) is 6.99. The molecule has 1 rings (SSSR count). The maximum Gasteiger partial charge on any atom is 0.223 e. The lowest BCUT2D eigenvalue weighted by atomic mass is 9.91. The second-order valence-corrected chi connectivity index (χ2v) is 4.71. The van der Waals surface area contributed by atoms with Gasteiger partial charge in [0, 0.05) is 25.9 Å². The van der Waals surface area contributed by atoms with Crippen LogP contribution >= 0.6 is 0 Å². The molecule has 2 unspecified atom stereocenters. The second kappa shape index (κ2) is 5.14. The third kappa shape index (κ3) is 3.90. The maximum absolute atomic E-state index is 11.7. The van der Waals surface area contributed by atoms with Crippen LogP contribution in [0.1, 0.15) is 33.1 Å². The number of rotatable bonds is 3. The first-order valence-electron chi connectivity index (χ1n) is 5.55. The summed E-state index contributed by atoms with van der Waals surface area (Å²) in [6, 6.07) is 0. The normalized spacial score (nSPS) is 26.4. The molecular formula is C11H20N2O2. The third-order valence-electron chi connectivity index (χ3n) is 2.81. The van der Waals surface area contributed by atoms with Crippen LogP contribution < -0.4 is 5.73 Å². The van der Waals surface area contributed by atoms with Gasteiger partial charge in [-0.3, -0.25) is 9.59 Å². The van der Waals surface area contributed by atoms with Crippen molar-refractivity contribution < 1.29 is 9.59 Å². The summed E-state index contributed by atoms with van der Waals surface area (Å²) in [7, 11) is 0. The molecule has 86 valence electrons. The molecule has 0 aromatic rings. The Morgan fingerprint density at radius 3 is 2.20 bits per heavy atom. The molecule has 1 fully saturated rings. The lowest BCUT2D eigenvalue weighted by molar-refractivity contribution is -0.135. The molecule has 0 aromatic heterocycles. The fourth-order valence-electron chi connectivity index (χ4n) is 2.25. The number of nitrogens with two attached hydrogens (primary N) is 1. The van der Waals surface area contributed by atoms with Crippen LogP contribution in [0.2, 0.25) is 0 Å². The number of nitrogens with zero attached hydrogens (tertiary/aromatic N) is 1. The molecule has 0 aliphatic carbocycles. The maximum atomic E-state index is 11.7. The van der Waals surface area contributed by atoms with Crippen LogP contribution in [0.4, 0.5) is 0 Å². The third-order valence-corrected chi connectivity index (χ3v) is 2.81. The zero-order chi connectivity index (χ0) is 11.4. The number of amides is 2. The van der Waals surface area contributed by atoms with E-state index in [2.05, 4.69) is 13.8 Å². The minimum atomic E-state index is -0.401. The predicted octanol–water partition coefficient (Wildman–Crippen LogP) is 0.756. The van der Waals surface area contributed by atoms with Crippen LogP contribution in [0.25, 0.3) is 0 Å². The Bertz CT molecular complexity index is 243. The predicted molar refractivity (Wildman–Crippen MR) is 58.0 cm³/mol. The molecule has 4 heteroatoms. The quantitative estimate of drug-likeness (QED) is 0.750. The van der Waals surface area contributed by atoms with Crippen molar-refractivity contribution in [3.63, 3.8) is 0 Å². The van der Waals surface area contributed by atoms with Crippen LogP contribution in [0.15, 0.2) is 0 Å². The van der Waals surface area contributed by atoms with Gasteiger partial charge in [-0.05, 0) is 18.3 Å². The smallest absolute Gasteiger partial charge is 0.223 e. The molecule has 2 N–H and O–H groups in total. The molecule has 0 bridgehead atoms. The Kier molecular flexibility index (Phi) is 4.12. The van der Waals surface area contributed by atoms with E-state index in [0.29, 0.717) is 11.8 Å². The number of likely N-dealkylation sites (tertiary alicyclic amines) is 1. The zero-order valence-electron chi connectivity index (χ0n) is 9.53. The van der Waals surface area contributed by atoms with E-state index < -0.39 is 5.91 Å². The van der Waals surface area contributed by atoms with Crippen LogP contribution in [0.5, 0.6) is 0 Å². The molecule has 0 radical (unpaired) electrons. The van der Waals surface area contributed by atoms with Gasteiger partial charge in [0.1, 0.15) is 0 Å². The van der Waals surface area contributed by atoms with Crippen LogP contribution in [0.3, 0.4) is 0 Å². The van der Waals surface area contributed by atoms with Gasteiger partial charge < -0.3 is 10.6 Å². The van der Waals surface area contributed by atoms with E-state index >= 15 is 0 Å². The van der Waals surface area contributed by atoms with Gasteiger partial charge in [0.25, 0.3) is 0 Å². The Hall–Kier alpha value is -1.06. The van der Waals surface area contributed by atoms with Crippen molar-refractivity contribution in [1.29, 1.82) is 0 Å². The first kappa shape index (κ1) is 12.0. The highest BCUT2D eigenvalue weighted by molar-refractivity contribution is 5.82. The van der Waals surface area contributed by atoms with Crippen molar-refractivity contribution in [2.45, 2.75) is 33.1 Å². The molecule has 0 spiro atoms. The van der Waals surface area contributed by atoms with Gasteiger partial charge in [0.05, 0.1) is 0 Å². The first-order valence-corrected chi connectivity index (χ1v) is 5.55. The summed E-state index contributed by atoms with van der Waals surface area (Å²) in [5, 5.41) is 0. The summed E-state index contributed by atoms with van der Waals surface area (Å²) >= 11 is 0. The van der Waals surface area contributed by atoms with E-state index in [1.54, 1.807) is 0 Å². The largest absolute Gasteiger partial charge is 0.370 e. The summed E-state index contributed by atoms with van der Waals surface area (Å²) in [6.07, 6.45) is 1.60.